The van der Waals surface area contributed by atoms with Crippen LogP contribution in [-0.2, 0) is 4.74 Å². The van der Waals surface area contributed by atoms with Crippen LogP contribution in [0.3, 0.4) is 0 Å². The average molecular weight is 257 g/mol. The smallest absolute Gasteiger partial charge is 0.407 e. The van der Waals surface area contributed by atoms with Gasteiger partial charge in [-0.15, -0.1) is 0 Å². The average Bonchev–Trinajstić information content (AvgIpc) is 2.21. The Morgan fingerprint density at radius 2 is 1.78 bits per heavy atom. The molecule has 18 heavy (non-hydrogen) atoms. The number of alkyl carbamates (subject to hydrolysis) is 1. The molecule has 1 unspecified atom stereocenters. The van der Waals surface area contributed by atoms with E-state index >= 15 is 0 Å². The lowest BCUT2D eigenvalue weighted by atomic mass is 9.83. The molecule has 0 radical (unpaired) electrons. The van der Waals surface area contributed by atoms with E-state index in [0.717, 1.165) is 6.42 Å². The molecule has 0 spiro atoms. The van der Waals surface area contributed by atoms with Crippen molar-refractivity contribution in [3.8, 4) is 0 Å². The van der Waals surface area contributed by atoms with Gasteiger partial charge in [-0.1, -0.05) is 40.0 Å². The summed E-state index contributed by atoms with van der Waals surface area (Å²) in [5.74, 6) is 1.14. The van der Waals surface area contributed by atoms with Crippen molar-refractivity contribution in [1.29, 1.82) is 0 Å². The Balaban J connectivity index is 4.29. The highest BCUT2D eigenvalue weighted by Crippen LogP contribution is 2.24. The Morgan fingerprint density at radius 3 is 2.17 bits per heavy atom. The maximum atomic E-state index is 11.7. The molecular formula is C15H31NO2. The lowest BCUT2D eigenvalue weighted by molar-refractivity contribution is 0.0481. The largest absolute Gasteiger partial charge is 0.444 e. The second-order valence-corrected chi connectivity index (χ2v) is 6.25. The molecule has 1 N–H and O–H groups in total. The van der Waals surface area contributed by atoms with Gasteiger partial charge in [0.05, 0.1) is 0 Å². The quantitative estimate of drug-likeness (QED) is 0.767. The number of hydrogen-bond donors (Lipinski definition) is 1. The summed E-state index contributed by atoms with van der Waals surface area (Å²) in [6, 6.07) is 0.149. The standard InChI is InChI=1S/C15H31NO2/c1-8-10-13(9-2)11(3)12(4)16-14(17)18-15(5,6)7/h11-13H,8-10H2,1-7H3,(H,16,17)/t11-,12+,13?/m0/s1. The van der Waals surface area contributed by atoms with Crippen molar-refractivity contribution >= 4 is 6.09 Å². The number of carbonyl (C=O) groups is 1. The molecule has 0 aromatic heterocycles. The summed E-state index contributed by atoms with van der Waals surface area (Å²) in [7, 11) is 0. The molecule has 0 saturated heterocycles. The lowest BCUT2D eigenvalue weighted by Gasteiger charge is -2.29. The third-order valence-electron chi connectivity index (χ3n) is 3.46. The molecule has 3 heteroatoms. The third-order valence-corrected chi connectivity index (χ3v) is 3.46. The summed E-state index contributed by atoms with van der Waals surface area (Å²) in [5.41, 5.74) is -0.430. The number of ether oxygens (including phenoxy) is 1. The van der Waals surface area contributed by atoms with Crippen molar-refractivity contribution in [2.24, 2.45) is 11.8 Å². The van der Waals surface area contributed by atoms with Crippen LogP contribution in [0, 0.1) is 11.8 Å². The fourth-order valence-electron chi connectivity index (χ4n) is 2.24. The van der Waals surface area contributed by atoms with E-state index in [0.29, 0.717) is 11.8 Å². The van der Waals surface area contributed by atoms with Gasteiger partial charge >= 0.3 is 6.09 Å². The summed E-state index contributed by atoms with van der Waals surface area (Å²) in [6.07, 6.45) is 3.27. The highest BCUT2D eigenvalue weighted by atomic mass is 16.6. The normalized spacial score (nSPS) is 16.8. The monoisotopic (exact) mass is 257 g/mol. The molecule has 0 saturated carbocycles. The molecule has 0 bridgehead atoms. The molecule has 0 fully saturated rings. The van der Waals surface area contributed by atoms with E-state index in [1.807, 2.05) is 20.8 Å². The van der Waals surface area contributed by atoms with Gasteiger partial charge in [0.25, 0.3) is 0 Å². The lowest BCUT2D eigenvalue weighted by Crippen LogP contribution is -2.42. The number of nitrogens with one attached hydrogen (secondary N) is 1. The highest BCUT2D eigenvalue weighted by Gasteiger charge is 2.24. The minimum Gasteiger partial charge on any atom is -0.444 e. The maximum Gasteiger partial charge on any atom is 0.407 e. The van der Waals surface area contributed by atoms with E-state index in [4.69, 9.17) is 4.74 Å². The highest BCUT2D eigenvalue weighted by molar-refractivity contribution is 5.68. The first kappa shape index (κ1) is 17.3. The van der Waals surface area contributed by atoms with Crippen molar-refractivity contribution in [1.82, 2.24) is 5.32 Å². The zero-order chi connectivity index (χ0) is 14.3. The summed E-state index contributed by atoms with van der Waals surface area (Å²) >= 11 is 0. The zero-order valence-electron chi connectivity index (χ0n) is 13.2. The minimum absolute atomic E-state index is 0.149. The fourth-order valence-corrected chi connectivity index (χ4v) is 2.24. The molecule has 0 aliphatic carbocycles. The van der Waals surface area contributed by atoms with Crippen LogP contribution in [0.4, 0.5) is 4.79 Å². The van der Waals surface area contributed by atoms with Crippen LogP contribution in [0.15, 0.2) is 0 Å². The van der Waals surface area contributed by atoms with Crippen LogP contribution in [0.25, 0.3) is 0 Å². The molecule has 0 aliphatic heterocycles. The molecule has 3 atom stereocenters. The van der Waals surface area contributed by atoms with Crippen LogP contribution >= 0.6 is 0 Å². The van der Waals surface area contributed by atoms with Crippen molar-refractivity contribution in [3.63, 3.8) is 0 Å². The SMILES string of the molecule is CCCC(CC)[C@@H](C)[C@@H](C)NC(=O)OC(C)(C)C. The van der Waals surface area contributed by atoms with Gasteiger partial charge in [-0.25, -0.2) is 4.79 Å². The van der Waals surface area contributed by atoms with E-state index in [1.54, 1.807) is 0 Å². The van der Waals surface area contributed by atoms with Gasteiger partial charge in [-0.3, -0.25) is 0 Å². The molecule has 3 nitrogen and oxygen atoms in total. The zero-order valence-corrected chi connectivity index (χ0v) is 13.2. The Bertz CT molecular complexity index is 245. The van der Waals surface area contributed by atoms with Crippen LogP contribution in [0.1, 0.15) is 67.7 Å². The summed E-state index contributed by atoms with van der Waals surface area (Å²) in [4.78, 5) is 11.7. The van der Waals surface area contributed by atoms with Crippen molar-refractivity contribution in [2.45, 2.75) is 79.4 Å². The van der Waals surface area contributed by atoms with E-state index in [1.165, 1.54) is 12.8 Å². The van der Waals surface area contributed by atoms with Crippen molar-refractivity contribution < 1.29 is 9.53 Å². The molecule has 1 amide bonds. The van der Waals surface area contributed by atoms with Gasteiger partial charge in [0.15, 0.2) is 0 Å². The predicted octanol–water partition coefficient (Wildman–Crippen LogP) is 4.36. The minimum atomic E-state index is -0.430. The van der Waals surface area contributed by atoms with Gasteiger partial charge in [0, 0.05) is 6.04 Å². The molecule has 0 aromatic rings. The van der Waals surface area contributed by atoms with E-state index in [2.05, 4.69) is 33.0 Å². The molecule has 0 aromatic carbocycles. The van der Waals surface area contributed by atoms with Gasteiger partial charge in [0.1, 0.15) is 5.60 Å². The second-order valence-electron chi connectivity index (χ2n) is 6.25. The van der Waals surface area contributed by atoms with Gasteiger partial charge in [-0.05, 0) is 39.5 Å². The Labute approximate surface area is 113 Å². The van der Waals surface area contributed by atoms with Crippen LogP contribution in [0.5, 0.6) is 0 Å². The van der Waals surface area contributed by atoms with E-state index in [-0.39, 0.29) is 12.1 Å². The van der Waals surface area contributed by atoms with Crippen LogP contribution in [0.2, 0.25) is 0 Å². The van der Waals surface area contributed by atoms with Gasteiger partial charge in [-0.2, -0.15) is 0 Å². The molecule has 0 aliphatic rings. The van der Waals surface area contributed by atoms with Crippen molar-refractivity contribution in [3.05, 3.63) is 0 Å². The van der Waals surface area contributed by atoms with E-state index in [9.17, 15) is 4.79 Å². The fraction of sp³-hybridized carbons (Fsp3) is 0.933. The number of amides is 1. The Morgan fingerprint density at radius 1 is 1.22 bits per heavy atom. The van der Waals surface area contributed by atoms with Crippen LogP contribution in [-0.4, -0.2) is 17.7 Å². The number of rotatable bonds is 6. The number of carbonyl (C=O) groups excluding carboxylic acids is 1. The van der Waals surface area contributed by atoms with Crippen LogP contribution < -0.4 is 5.32 Å². The summed E-state index contributed by atoms with van der Waals surface area (Å²) in [5, 5.41) is 2.95. The molecule has 108 valence electrons. The third kappa shape index (κ3) is 6.87. The Hall–Kier alpha value is -0.730. The molecule has 0 rings (SSSR count). The van der Waals surface area contributed by atoms with Gasteiger partial charge in [0.2, 0.25) is 0 Å². The van der Waals surface area contributed by atoms with Crippen molar-refractivity contribution in [2.75, 3.05) is 0 Å². The first-order chi connectivity index (χ1) is 8.21. The van der Waals surface area contributed by atoms with E-state index < -0.39 is 5.60 Å². The molecule has 0 heterocycles. The molecular weight excluding hydrogens is 226 g/mol. The summed E-state index contributed by atoms with van der Waals surface area (Å²) in [6.45, 7) is 14.4. The number of hydrogen-bond acceptors (Lipinski definition) is 2. The first-order valence-corrected chi connectivity index (χ1v) is 7.20. The topological polar surface area (TPSA) is 38.3 Å². The van der Waals surface area contributed by atoms with Gasteiger partial charge < -0.3 is 10.1 Å². The first-order valence-electron chi connectivity index (χ1n) is 7.20. The predicted molar refractivity (Wildman–Crippen MR) is 76.7 cm³/mol. The summed E-state index contributed by atoms with van der Waals surface area (Å²) < 4.78 is 5.28. The Kier molecular flexibility index (Phi) is 7.34. The maximum absolute atomic E-state index is 11.7. The second kappa shape index (κ2) is 7.65.